The van der Waals surface area contributed by atoms with Crippen molar-refractivity contribution in [1.82, 2.24) is 19.8 Å². The molecular weight excluding hydrogens is 316 g/mol. The number of amides is 2. The Balaban J connectivity index is 1.88. The summed E-state index contributed by atoms with van der Waals surface area (Å²) in [6.45, 7) is 6.42. The Hall–Kier alpha value is -1.85. The molecule has 1 unspecified atom stereocenters. The number of rotatable bonds is 4. The lowest BCUT2D eigenvalue weighted by molar-refractivity contribution is 0.0754. The fraction of sp³-hybridized carbons (Fsp3) is 0.737. The standard InChI is InChI=1S/C19H30N4O2/c1-3-14(2)20-18(24)17-21-16(15-10-6-9-13-23(15)17)19(25)22-11-7-4-5-8-12-22/h14H,3-13H2,1-2H3,(H,20,24). The third-order valence-electron chi connectivity index (χ3n) is 5.41. The zero-order valence-electron chi connectivity index (χ0n) is 15.5. The van der Waals surface area contributed by atoms with Gasteiger partial charge in [0.15, 0.2) is 5.82 Å². The third-order valence-corrected chi connectivity index (χ3v) is 5.41. The lowest BCUT2D eigenvalue weighted by Gasteiger charge is -2.21. The largest absolute Gasteiger partial charge is 0.347 e. The number of nitrogens with one attached hydrogen (secondary N) is 1. The van der Waals surface area contributed by atoms with Crippen LogP contribution in [0.2, 0.25) is 0 Å². The number of nitrogens with zero attached hydrogens (tertiary/aromatic N) is 3. The Labute approximate surface area is 150 Å². The third kappa shape index (κ3) is 3.88. The quantitative estimate of drug-likeness (QED) is 0.911. The van der Waals surface area contributed by atoms with E-state index in [0.717, 1.165) is 63.9 Å². The van der Waals surface area contributed by atoms with Crippen molar-refractivity contribution in [3.05, 3.63) is 17.2 Å². The fourth-order valence-electron chi connectivity index (χ4n) is 3.70. The molecule has 1 saturated heterocycles. The number of hydrogen-bond donors (Lipinski definition) is 1. The van der Waals surface area contributed by atoms with Crippen molar-refractivity contribution in [2.75, 3.05) is 13.1 Å². The highest BCUT2D eigenvalue weighted by Crippen LogP contribution is 2.23. The molecular formula is C19H30N4O2. The molecule has 3 rings (SSSR count). The molecule has 1 N–H and O–H groups in total. The zero-order chi connectivity index (χ0) is 17.8. The van der Waals surface area contributed by atoms with Gasteiger partial charge in [-0.1, -0.05) is 19.8 Å². The summed E-state index contributed by atoms with van der Waals surface area (Å²) in [4.78, 5) is 32.2. The van der Waals surface area contributed by atoms with Crippen LogP contribution in [0, 0.1) is 0 Å². The maximum atomic E-state index is 13.1. The van der Waals surface area contributed by atoms with Crippen molar-refractivity contribution in [3.8, 4) is 0 Å². The minimum absolute atomic E-state index is 0.00939. The molecule has 6 nitrogen and oxygen atoms in total. The van der Waals surface area contributed by atoms with Gasteiger partial charge in [0.1, 0.15) is 5.69 Å². The second-order valence-electron chi connectivity index (χ2n) is 7.33. The first kappa shape index (κ1) is 18.0. The maximum absolute atomic E-state index is 13.1. The topological polar surface area (TPSA) is 67.2 Å². The van der Waals surface area contributed by atoms with Gasteiger partial charge in [-0.3, -0.25) is 9.59 Å². The van der Waals surface area contributed by atoms with Crippen LogP contribution in [0.3, 0.4) is 0 Å². The van der Waals surface area contributed by atoms with Crippen LogP contribution in [0.15, 0.2) is 0 Å². The first-order valence-electron chi connectivity index (χ1n) is 9.81. The molecule has 0 aromatic carbocycles. The predicted octanol–water partition coefficient (Wildman–Crippen LogP) is 2.76. The first-order valence-corrected chi connectivity index (χ1v) is 9.81. The molecule has 25 heavy (non-hydrogen) atoms. The van der Waals surface area contributed by atoms with Gasteiger partial charge in [-0.25, -0.2) is 4.98 Å². The van der Waals surface area contributed by atoms with Gasteiger partial charge in [0, 0.05) is 25.7 Å². The summed E-state index contributed by atoms with van der Waals surface area (Å²) in [5.41, 5.74) is 1.46. The number of carbonyl (C=O) groups is 2. The molecule has 1 aromatic rings. The molecule has 0 radical (unpaired) electrons. The molecule has 0 saturated carbocycles. The molecule has 1 fully saturated rings. The zero-order valence-corrected chi connectivity index (χ0v) is 15.5. The average Bonchev–Trinajstić information content (AvgIpc) is 2.80. The summed E-state index contributed by atoms with van der Waals surface area (Å²) in [7, 11) is 0. The summed E-state index contributed by atoms with van der Waals surface area (Å²) in [6.07, 6.45) is 8.29. The SMILES string of the molecule is CCC(C)NC(=O)c1nc(C(=O)N2CCCCCC2)c2n1CCCC2. The van der Waals surface area contributed by atoms with E-state index in [-0.39, 0.29) is 17.9 Å². The van der Waals surface area contributed by atoms with E-state index in [1.807, 2.05) is 23.3 Å². The summed E-state index contributed by atoms with van der Waals surface area (Å²) >= 11 is 0. The second kappa shape index (κ2) is 8.02. The summed E-state index contributed by atoms with van der Waals surface area (Å²) in [5, 5.41) is 2.99. The number of likely N-dealkylation sites (tertiary alicyclic amines) is 1. The molecule has 1 atom stereocenters. The average molecular weight is 346 g/mol. The van der Waals surface area contributed by atoms with Crippen LogP contribution < -0.4 is 5.32 Å². The molecule has 1 aromatic heterocycles. The van der Waals surface area contributed by atoms with Crippen LogP contribution in [0.25, 0.3) is 0 Å². The van der Waals surface area contributed by atoms with Crippen molar-refractivity contribution < 1.29 is 9.59 Å². The predicted molar refractivity (Wildman–Crippen MR) is 96.8 cm³/mol. The van der Waals surface area contributed by atoms with Gasteiger partial charge in [-0.15, -0.1) is 0 Å². The highest BCUT2D eigenvalue weighted by atomic mass is 16.2. The normalized spacial score (nSPS) is 19.0. The van der Waals surface area contributed by atoms with Gasteiger partial charge in [-0.2, -0.15) is 0 Å². The Kier molecular flexibility index (Phi) is 5.76. The number of carbonyl (C=O) groups excluding carboxylic acids is 2. The van der Waals surface area contributed by atoms with Crippen LogP contribution in [-0.2, 0) is 13.0 Å². The van der Waals surface area contributed by atoms with Crippen LogP contribution in [0.1, 0.15) is 85.6 Å². The van der Waals surface area contributed by atoms with Crippen molar-refractivity contribution in [2.24, 2.45) is 0 Å². The smallest absolute Gasteiger partial charge is 0.287 e. The van der Waals surface area contributed by atoms with Crippen molar-refractivity contribution in [2.45, 2.75) is 77.8 Å². The first-order chi connectivity index (χ1) is 12.1. The van der Waals surface area contributed by atoms with Gasteiger partial charge < -0.3 is 14.8 Å². The maximum Gasteiger partial charge on any atom is 0.287 e. The minimum Gasteiger partial charge on any atom is -0.347 e. The van der Waals surface area contributed by atoms with Crippen molar-refractivity contribution >= 4 is 11.8 Å². The van der Waals surface area contributed by atoms with E-state index >= 15 is 0 Å². The number of aromatic nitrogens is 2. The Morgan fingerprint density at radius 2 is 1.76 bits per heavy atom. The van der Waals surface area contributed by atoms with E-state index in [1.54, 1.807) is 0 Å². The molecule has 138 valence electrons. The summed E-state index contributed by atoms with van der Waals surface area (Å²) in [6, 6.07) is 0.105. The van der Waals surface area contributed by atoms with Gasteiger partial charge in [0.05, 0.1) is 5.69 Å². The van der Waals surface area contributed by atoms with Crippen LogP contribution in [-0.4, -0.2) is 45.4 Å². The molecule has 2 aliphatic rings. The van der Waals surface area contributed by atoms with Gasteiger partial charge in [0.25, 0.3) is 11.8 Å². The van der Waals surface area contributed by atoms with Crippen molar-refractivity contribution in [1.29, 1.82) is 0 Å². The van der Waals surface area contributed by atoms with Gasteiger partial charge in [-0.05, 0) is 45.4 Å². The van der Waals surface area contributed by atoms with Crippen LogP contribution >= 0.6 is 0 Å². The fourth-order valence-corrected chi connectivity index (χ4v) is 3.70. The van der Waals surface area contributed by atoms with Gasteiger partial charge >= 0.3 is 0 Å². The van der Waals surface area contributed by atoms with Crippen LogP contribution in [0.5, 0.6) is 0 Å². The van der Waals surface area contributed by atoms with E-state index in [2.05, 4.69) is 10.3 Å². The summed E-state index contributed by atoms with van der Waals surface area (Å²) < 4.78 is 1.98. The molecule has 2 amide bonds. The van der Waals surface area contributed by atoms with E-state index < -0.39 is 0 Å². The monoisotopic (exact) mass is 346 g/mol. The molecule has 0 spiro atoms. The Bertz CT molecular complexity index is 630. The van der Waals surface area contributed by atoms with E-state index in [1.165, 1.54) is 12.8 Å². The van der Waals surface area contributed by atoms with E-state index in [0.29, 0.717) is 11.5 Å². The molecule has 3 heterocycles. The molecule has 0 aliphatic carbocycles. The van der Waals surface area contributed by atoms with Crippen molar-refractivity contribution in [3.63, 3.8) is 0 Å². The van der Waals surface area contributed by atoms with E-state index in [9.17, 15) is 9.59 Å². The molecule has 6 heteroatoms. The van der Waals surface area contributed by atoms with Gasteiger partial charge in [0.2, 0.25) is 0 Å². The number of imidazole rings is 1. The lowest BCUT2D eigenvalue weighted by atomic mass is 10.1. The highest BCUT2D eigenvalue weighted by molar-refractivity contribution is 5.97. The Morgan fingerprint density at radius 1 is 1.08 bits per heavy atom. The Morgan fingerprint density at radius 3 is 2.44 bits per heavy atom. The molecule has 0 bridgehead atoms. The van der Waals surface area contributed by atoms with E-state index in [4.69, 9.17) is 0 Å². The molecule has 2 aliphatic heterocycles. The highest BCUT2D eigenvalue weighted by Gasteiger charge is 2.30. The minimum atomic E-state index is -0.160. The van der Waals surface area contributed by atoms with Crippen LogP contribution in [0.4, 0.5) is 0 Å². The second-order valence-corrected chi connectivity index (χ2v) is 7.33. The number of fused-ring (bicyclic) bond motifs is 1. The summed E-state index contributed by atoms with van der Waals surface area (Å²) in [5.74, 6) is 0.260. The number of hydrogen-bond acceptors (Lipinski definition) is 3. The lowest BCUT2D eigenvalue weighted by Crippen LogP contribution is -2.34.